The molecule has 0 radical (unpaired) electrons. The maximum atomic E-state index is 12.9. The Morgan fingerprint density at radius 1 is 1.10 bits per heavy atom. The van der Waals surface area contributed by atoms with Gasteiger partial charge in [0.25, 0.3) is 10.0 Å². The molecule has 0 unspecified atom stereocenters. The fraction of sp³-hybridized carbons (Fsp3) is 0.136. The van der Waals surface area contributed by atoms with Crippen molar-refractivity contribution in [3.63, 3.8) is 0 Å². The monoisotopic (exact) mass is 443 g/mol. The van der Waals surface area contributed by atoms with Crippen LogP contribution in [-0.4, -0.2) is 21.0 Å². The average Bonchev–Trinajstić information content (AvgIpc) is 3.04. The molecule has 6 nitrogen and oxygen atoms in total. The molecule has 0 aliphatic carbocycles. The minimum atomic E-state index is -3.88. The fourth-order valence-corrected chi connectivity index (χ4v) is 4.67. The lowest BCUT2D eigenvalue weighted by Gasteiger charge is -2.10. The zero-order valence-corrected chi connectivity index (χ0v) is 17.8. The van der Waals surface area contributed by atoms with Crippen LogP contribution in [0.4, 0.5) is 5.69 Å². The summed E-state index contributed by atoms with van der Waals surface area (Å²) in [6, 6.07) is 15.3. The number of carbonyl (C=O) groups is 1. The van der Waals surface area contributed by atoms with E-state index in [2.05, 4.69) is 4.72 Å². The number of carbonyl (C=O) groups excluding carboxylic acids is 1. The Balaban J connectivity index is 1.77. The van der Waals surface area contributed by atoms with Crippen LogP contribution in [0.5, 0.6) is 0 Å². The van der Waals surface area contributed by atoms with Crippen molar-refractivity contribution in [3.05, 3.63) is 70.9 Å². The SMILES string of the molecule is CCOC(=O)c1c(C)oc2c(Cl)cc(NS(=O)(=O)c3ccc4ccccc4c3)cc12. The Kier molecular flexibility index (Phi) is 5.17. The van der Waals surface area contributed by atoms with Gasteiger partial charge in [0, 0.05) is 5.39 Å². The molecule has 30 heavy (non-hydrogen) atoms. The number of esters is 1. The molecular weight excluding hydrogens is 426 g/mol. The number of hydrogen-bond donors (Lipinski definition) is 1. The first-order valence-corrected chi connectivity index (χ1v) is 11.1. The first-order chi connectivity index (χ1) is 14.3. The Morgan fingerprint density at radius 3 is 2.57 bits per heavy atom. The third-order valence-corrected chi connectivity index (χ3v) is 6.34. The summed E-state index contributed by atoms with van der Waals surface area (Å²) in [4.78, 5) is 12.4. The molecule has 0 aliphatic rings. The summed E-state index contributed by atoms with van der Waals surface area (Å²) in [5, 5.41) is 2.31. The smallest absolute Gasteiger partial charge is 0.342 e. The Morgan fingerprint density at radius 2 is 1.83 bits per heavy atom. The highest BCUT2D eigenvalue weighted by Crippen LogP contribution is 2.35. The number of rotatable bonds is 5. The highest BCUT2D eigenvalue weighted by molar-refractivity contribution is 7.92. The van der Waals surface area contributed by atoms with Gasteiger partial charge >= 0.3 is 5.97 Å². The predicted molar refractivity (Wildman–Crippen MR) is 117 cm³/mol. The zero-order chi connectivity index (χ0) is 21.5. The minimum absolute atomic E-state index is 0.117. The maximum Gasteiger partial charge on any atom is 0.342 e. The third-order valence-electron chi connectivity index (χ3n) is 4.68. The third kappa shape index (κ3) is 3.62. The van der Waals surface area contributed by atoms with E-state index in [1.54, 1.807) is 26.0 Å². The van der Waals surface area contributed by atoms with Crippen molar-refractivity contribution >= 4 is 55.0 Å². The van der Waals surface area contributed by atoms with Crippen molar-refractivity contribution in [2.45, 2.75) is 18.7 Å². The molecule has 4 rings (SSSR count). The van der Waals surface area contributed by atoms with Gasteiger partial charge in [-0.2, -0.15) is 0 Å². The van der Waals surface area contributed by atoms with E-state index in [9.17, 15) is 13.2 Å². The molecule has 1 heterocycles. The largest absolute Gasteiger partial charge is 0.462 e. The molecule has 0 saturated carbocycles. The van der Waals surface area contributed by atoms with Gasteiger partial charge in [0.1, 0.15) is 11.3 Å². The number of fused-ring (bicyclic) bond motifs is 2. The Hall–Kier alpha value is -3.03. The number of nitrogens with one attached hydrogen (secondary N) is 1. The van der Waals surface area contributed by atoms with Crippen LogP contribution in [0.15, 0.2) is 63.9 Å². The second kappa shape index (κ2) is 7.66. The summed E-state index contributed by atoms with van der Waals surface area (Å²) in [6.07, 6.45) is 0. The fourth-order valence-electron chi connectivity index (χ4n) is 3.34. The number of benzene rings is 3. The van der Waals surface area contributed by atoms with Gasteiger partial charge in [-0.25, -0.2) is 13.2 Å². The molecule has 0 bridgehead atoms. The van der Waals surface area contributed by atoms with Crippen LogP contribution in [0.1, 0.15) is 23.0 Å². The van der Waals surface area contributed by atoms with E-state index >= 15 is 0 Å². The second-order valence-electron chi connectivity index (χ2n) is 6.70. The molecule has 0 amide bonds. The van der Waals surface area contributed by atoms with E-state index in [1.165, 1.54) is 18.2 Å². The molecule has 0 atom stereocenters. The first kappa shape index (κ1) is 20.3. The van der Waals surface area contributed by atoms with E-state index < -0.39 is 16.0 Å². The highest BCUT2D eigenvalue weighted by Gasteiger charge is 2.23. The van der Waals surface area contributed by atoms with Crippen LogP contribution in [0.2, 0.25) is 5.02 Å². The van der Waals surface area contributed by atoms with Crippen LogP contribution in [0.3, 0.4) is 0 Å². The van der Waals surface area contributed by atoms with Gasteiger partial charge in [-0.1, -0.05) is 41.9 Å². The lowest BCUT2D eigenvalue weighted by atomic mass is 10.1. The topological polar surface area (TPSA) is 85.6 Å². The molecule has 3 aromatic carbocycles. The number of ether oxygens (including phenoxy) is 1. The van der Waals surface area contributed by atoms with Gasteiger partial charge in [0.2, 0.25) is 0 Å². The molecule has 1 aromatic heterocycles. The summed E-state index contributed by atoms with van der Waals surface area (Å²) in [6.45, 7) is 3.53. The van der Waals surface area contributed by atoms with E-state index in [1.807, 2.05) is 24.3 Å². The molecule has 0 saturated heterocycles. The molecule has 0 aliphatic heterocycles. The van der Waals surface area contributed by atoms with Crippen LogP contribution in [0.25, 0.3) is 21.7 Å². The van der Waals surface area contributed by atoms with Gasteiger partial charge in [0.05, 0.1) is 22.2 Å². The normalized spacial score (nSPS) is 11.7. The number of aryl methyl sites for hydroxylation is 1. The molecule has 0 fully saturated rings. The summed E-state index contributed by atoms with van der Waals surface area (Å²) >= 11 is 6.30. The van der Waals surface area contributed by atoms with Crippen molar-refractivity contribution in [3.8, 4) is 0 Å². The van der Waals surface area contributed by atoms with Gasteiger partial charge in [-0.05, 0) is 48.9 Å². The molecular formula is C22H18ClNO5S. The van der Waals surface area contributed by atoms with Gasteiger partial charge in [-0.3, -0.25) is 4.72 Å². The average molecular weight is 444 g/mol. The summed E-state index contributed by atoms with van der Waals surface area (Å²) in [7, 11) is -3.88. The number of sulfonamides is 1. The van der Waals surface area contributed by atoms with Crippen LogP contribution in [0, 0.1) is 6.92 Å². The van der Waals surface area contributed by atoms with Crippen molar-refractivity contribution in [2.24, 2.45) is 0 Å². The van der Waals surface area contributed by atoms with Crippen molar-refractivity contribution in [1.29, 1.82) is 0 Å². The second-order valence-corrected chi connectivity index (χ2v) is 8.79. The van der Waals surface area contributed by atoms with E-state index in [0.717, 1.165) is 10.8 Å². The standard InChI is InChI=1S/C22H18ClNO5S/c1-3-28-22(25)20-13(2)29-21-18(20)11-16(12-19(21)23)24-30(26,27)17-9-8-14-6-4-5-7-15(14)10-17/h4-12,24H,3H2,1-2H3. The molecule has 4 aromatic rings. The van der Waals surface area contributed by atoms with Gasteiger partial charge < -0.3 is 9.15 Å². The Labute approximate surface area is 178 Å². The van der Waals surface area contributed by atoms with E-state index in [-0.39, 0.29) is 27.8 Å². The maximum absolute atomic E-state index is 12.9. The number of furan rings is 1. The summed E-state index contributed by atoms with van der Waals surface area (Å²) in [5.74, 6) is -0.209. The first-order valence-electron chi connectivity index (χ1n) is 9.21. The lowest BCUT2D eigenvalue weighted by molar-refractivity contribution is 0.0526. The minimum Gasteiger partial charge on any atom is -0.462 e. The zero-order valence-electron chi connectivity index (χ0n) is 16.2. The molecule has 8 heteroatoms. The predicted octanol–water partition coefficient (Wildman–Crippen LogP) is 5.53. The Bertz CT molecular complexity index is 1390. The van der Waals surface area contributed by atoms with Crippen LogP contribution >= 0.6 is 11.6 Å². The van der Waals surface area contributed by atoms with E-state index in [0.29, 0.717) is 16.7 Å². The molecule has 154 valence electrons. The van der Waals surface area contributed by atoms with Crippen LogP contribution in [-0.2, 0) is 14.8 Å². The van der Waals surface area contributed by atoms with Gasteiger partial charge in [-0.15, -0.1) is 0 Å². The number of halogens is 1. The molecule has 0 spiro atoms. The number of anilines is 1. The van der Waals surface area contributed by atoms with Crippen molar-refractivity contribution < 1.29 is 22.4 Å². The van der Waals surface area contributed by atoms with Gasteiger partial charge in [0.15, 0.2) is 5.58 Å². The quantitative estimate of drug-likeness (QED) is 0.410. The number of hydrogen-bond acceptors (Lipinski definition) is 5. The highest BCUT2D eigenvalue weighted by atomic mass is 35.5. The van der Waals surface area contributed by atoms with Crippen molar-refractivity contribution in [2.75, 3.05) is 11.3 Å². The summed E-state index contributed by atoms with van der Waals surface area (Å²) in [5.41, 5.74) is 0.735. The summed E-state index contributed by atoms with van der Waals surface area (Å²) < 4.78 is 39.1. The van der Waals surface area contributed by atoms with E-state index in [4.69, 9.17) is 20.8 Å². The lowest BCUT2D eigenvalue weighted by Crippen LogP contribution is -2.13. The van der Waals surface area contributed by atoms with Crippen LogP contribution < -0.4 is 4.72 Å². The van der Waals surface area contributed by atoms with Crippen molar-refractivity contribution in [1.82, 2.24) is 0 Å². The molecule has 1 N–H and O–H groups in total.